The fraction of sp³-hybridized carbons (Fsp3) is 0.750. The number of carboxylic acid groups (broad SMARTS) is 1. The van der Waals surface area contributed by atoms with Gasteiger partial charge in [-0.05, 0) is 6.92 Å². The van der Waals surface area contributed by atoms with Crippen molar-refractivity contribution in [1.82, 2.24) is 4.90 Å². The fourth-order valence-corrected chi connectivity index (χ4v) is 1.33. The lowest BCUT2D eigenvalue weighted by atomic mass is 10.2. The molecule has 0 radical (unpaired) electrons. The van der Waals surface area contributed by atoms with Crippen LogP contribution in [0.3, 0.4) is 0 Å². The third-order valence-corrected chi connectivity index (χ3v) is 1.99. The minimum atomic E-state index is -1.08. The maximum absolute atomic E-state index is 11.3. The number of rotatable bonds is 2. The Balaban J connectivity index is 2.48. The summed E-state index contributed by atoms with van der Waals surface area (Å²) in [5.74, 6) is -1.41. The van der Waals surface area contributed by atoms with E-state index in [1.165, 1.54) is 0 Å². The monoisotopic (exact) mass is 187 g/mol. The summed E-state index contributed by atoms with van der Waals surface area (Å²) in [5.41, 5.74) is 0. The molecule has 0 aromatic carbocycles. The first-order chi connectivity index (χ1) is 6.11. The molecule has 1 fully saturated rings. The predicted molar refractivity (Wildman–Crippen MR) is 44.2 cm³/mol. The van der Waals surface area contributed by atoms with Gasteiger partial charge in [-0.2, -0.15) is 0 Å². The van der Waals surface area contributed by atoms with Crippen molar-refractivity contribution in [3.8, 4) is 0 Å². The molecule has 1 N–H and O–H groups in total. The van der Waals surface area contributed by atoms with Gasteiger partial charge in [0, 0.05) is 6.54 Å². The van der Waals surface area contributed by atoms with Gasteiger partial charge in [0.25, 0.3) is 0 Å². The van der Waals surface area contributed by atoms with Crippen molar-refractivity contribution in [1.29, 1.82) is 0 Å². The van der Waals surface area contributed by atoms with E-state index < -0.39 is 12.4 Å². The Morgan fingerprint density at radius 2 is 2.31 bits per heavy atom. The lowest BCUT2D eigenvalue weighted by molar-refractivity contribution is -0.148. The molecule has 0 aromatic rings. The van der Waals surface area contributed by atoms with Crippen molar-refractivity contribution >= 4 is 11.9 Å². The summed E-state index contributed by atoms with van der Waals surface area (Å²) < 4.78 is 5.13. The molecule has 5 heteroatoms. The summed E-state index contributed by atoms with van der Waals surface area (Å²) in [6, 6.07) is -0.0133. The van der Waals surface area contributed by atoms with E-state index >= 15 is 0 Å². The molecule has 0 bridgehead atoms. The number of hydrogen-bond acceptors (Lipinski definition) is 3. The summed E-state index contributed by atoms with van der Waals surface area (Å²) in [6.45, 7) is 3.33. The van der Waals surface area contributed by atoms with Crippen LogP contribution in [-0.4, -0.2) is 47.7 Å². The van der Waals surface area contributed by atoms with Crippen molar-refractivity contribution in [3.63, 3.8) is 0 Å². The van der Waals surface area contributed by atoms with Gasteiger partial charge in [-0.15, -0.1) is 0 Å². The van der Waals surface area contributed by atoms with Crippen LogP contribution in [0.4, 0.5) is 0 Å². The zero-order valence-electron chi connectivity index (χ0n) is 7.52. The Labute approximate surface area is 76.3 Å². The van der Waals surface area contributed by atoms with Crippen molar-refractivity contribution in [2.24, 2.45) is 0 Å². The van der Waals surface area contributed by atoms with Gasteiger partial charge in [0.05, 0.1) is 19.3 Å². The van der Waals surface area contributed by atoms with Crippen LogP contribution in [0, 0.1) is 0 Å². The van der Waals surface area contributed by atoms with Gasteiger partial charge in [-0.25, -0.2) is 0 Å². The summed E-state index contributed by atoms with van der Waals surface area (Å²) in [4.78, 5) is 23.1. The highest BCUT2D eigenvalue weighted by atomic mass is 16.5. The summed E-state index contributed by atoms with van der Waals surface area (Å²) in [6.07, 6.45) is -0.426. The molecule has 1 saturated heterocycles. The molecule has 1 rings (SSSR count). The van der Waals surface area contributed by atoms with Crippen LogP contribution in [0.1, 0.15) is 13.3 Å². The number of carboxylic acids is 1. The Bertz CT molecular complexity index is 216. The largest absolute Gasteiger partial charge is 0.481 e. The number of carbonyl (C=O) groups excluding carboxylic acids is 1. The molecule has 1 aliphatic rings. The molecule has 5 nitrogen and oxygen atoms in total. The van der Waals surface area contributed by atoms with E-state index in [0.29, 0.717) is 19.8 Å². The Hall–Kier alpha value is -1.10. The second kappa shape index (κ2) is 4.23. The Morgan fingerprint density at radius 3 is 2.85 bits per heavy atom. The predicted octanol–water partition coefficient (Wildman–Crippen LogP) is -0.292. The van der Waals surface area contributed by atoms with Crippen LogP contribution in [0.15, 0.2) is 0 Å². The SMILES string of the molecule is CC1COCCN1C(=O)CC(=O)O. The van der Waals surface area contributed by atoms with E-state index in [9.17, 15) is 9.59 Å². The van der Waals surface area contributed by atoms with Gasteiger partial charge in [-0.1, -0.05) is 0 Å². The first kappa shape index (κ1) is 9.98. The molecule has 0 saturated carbocycles. The maximum atomic E-state index is 11.3. The van der Waals surface area contributed by atoms with E-state index in [1.54, 1.807) is 4.90 Å². The van der Waals surface area contributed by atoms with E-state index in [4.69, 9.17) is 9.84 Å². The zero-order valence-corrected chi connectivity index (χ0v) is 7.52. The van der Waals surface area contributed by atoms with Crippen LogP contribution in [0.2, 0.25) is 0 Å². The average Bonchev–Trinajstić information content (AvgIpc) is 2.03. The molecular formula is C8H13NO4. The van der Waals surface area contributed by atoms with Crippen LogP contribution in [0.25, 0.3) is 0 Å². The standard InChI is InChI=1S/C8H13NO4/c1-6-5-13-3-2-9(6)7(10)4-8(11)12/h6H,2-5H2,1H3,(H,11,12). The van der Waals surface area contributed by atoms with E-state index in [2.05, 4.69) is 0 Å². The normalized spacial score (nSPS) is 22.8. The Morgan fingerprint density at radius 1 is 1.62 bits per heavy atom. The molecule has 1 atom stereocenters. The summed E-state index contributed by atoms with van der Waals surface area (Å²) in [7, 11) is 0. The zero-order chi connectivity index (χ0) is 9.84. The number of morpholine rings is 1. The van der Waals surface area contributed by atoms with Crippen LogP contribution in [-0.2, 0) is 14.3 Å². The molecule has 13 heavy (non-hydrogen) atoms. The van der Waals surface area contributed by atoms with Crippen LogP contribution in [0.5, 0.6) is 0 Å². The van der Waals surface area contributed by atoms with Crippen molar-refractivity contribution in [2.75, 3.05) is 19.8 Å². The lowest BCUT2D eigenvalue weighted by Gasteiger charge is -2.32. The molecule has 0 spiro atoms. The highest BCUT2D eigenvalue weighted by Crippen LogP contribution is 2.07. The third kappa shape index (κ3) is 2.69. The molecule has 1 unspecified atom stereocenters. The van der Waals surface area contributed by atoms with Crippen LogP contribution >= 0.6 is 0 Å². The fourth-order valence-electron chi connectivity index (χ4n) is 1.33. The molecule has 74 valence electrons. The quantitative estimate of drug-likeness (QED) is 0.603. The Kier molecular flexibility index (Phi) is 3.25. The molecule has 0 aliphatic carbocycles. The van der Waals surface area contributed by atoms with Gasteiger partial charge in [0.15, 0.2) is 0 Å². The minimum Gasteiger partial charge on any atom is -0.481 e. The number of amides is 1. The molecular weight excluding hydrogens is 174 g/mol. The second-order valence-corrected chi connectivity index (χ2v) is 3.08. The van der Waals surface area contributed by atoms with Crippen molar-refractivity contribution in [2.45, 2.75) is 19.4 Å². The maximum Gasteiger partial charge on any atom is 0.312 e. The smallest absolute Gasteiger partial charge is 0.312 e. The number of hydrogen-bond donors (Lipinski definition) is 1. The first-order valence-electron chi connectivity index (χ1n) is 4.20. The van der Waals surface area contributed by atoms with E-state index in [-0.39, 0.29) is 11.9 Å². The number of aliphatic carboxylic acids is 1. The first-order valence-corrected chi connectivity index (χ1v) is 4.20. The molecule has 0 aromatic heterocycles. The molecule has 1 aliphatic heterocycles. The number of ether oxygens (including phenoxy) is 1. The van der Waals surface area contributed by atoms with Gasteiger partial charge < -0.3 is 14.7 Å². The highest BCUT2D eigenvalue weighted by Gasteiger charge is 2.24. The van der Waals surface area contributed by atoms with Gasteiger partial charge >= 0.3 is 5.97 Å². The van der Waals surface area contributed by atoms with Crippen molar-refractivity contribution in [3.05, 3.63) is 0 Å². The highest BCUT2D eigenvalue weighted by molar-refractivity contribution is 5.93. The average molecular weight is 187 g/mol. The van der Waals surface area contributed by atoms with E-state index in [0.717, 1.165) is 0 Å². The molecule has 1 amide bonds. The number of nitrogens with zero attached hydrogens (tertiary/aromatic N) is 1. The van der Waals surface area contributed by atoms with Crippen molar-refractivity contribution < 1.29 is 19.4 Å². The second-order valence-electron chi connectivity index (χ2n) is 3.08. The lowest BCUT2D eigenvalue weighted by Crippen LogP contribution is -2.47. The molecule has 1 heterocycles. The number of carbonyl (C=O) groups is 2. The third-order valence-electron chi connectivity index (χ3n) is 1.99. The summed E-state index contributed by atoms with van der Waals surface area (Å²) >= 11 is 0. The topological polar surface area (TPSA) is 66.8 Å². The van der Waals surface area contributed by atoms with Gasteiger partial charge in [-0.3, -0.25) is 9.59 Å². The van der Waals surface area contributed by atoms with E-state index in [1.807, 2.05) is 6.92 Å². The van der Waals surface area contributed by atoms with Gasteiger partial charge in [0.1, 0.15) is 6.42 Å². The van der Waals surface area contributed by atoms with Gasteiger partial charge in [0.2, 0.25) is 5.91 Å². The van der Waals surface area contributed by atoms with Crippen LogP contribution < -0.4 is 0 Å². The summed E-state index contributed by atoms with van der Waals surface area (Å²) in [5, 5.41) is 8.42. The minimum absolute atomic E-state index is 0.0133.